The Hall–Kier alpha value is -2.23. The van der Waals surface area contributed by atoms with Gasteiger partial charge < -0.3 is 9.47 Å². The number of esters is 1. The molecule has 4 heteroatoms. The van der Waals surface area contributed by atoms with Crippen LogP contribution in [0.2, 0.25) is 0 Å². The predicted molar refractivity (Wildman–Crippen MR) is 87.5 cm³/mol. The molecule has 2 radical (unpaired) electrons. The molecule has 0 aliphatic rings. The highest BCUT2D eigenvalue weighted by Gasteiger charge is 2.07. The first-order chi connectivity index (χ1) is 10.6. The average Bonchev–Trinajstić information content (AvgIpc) is 2.49. The molecule has 2 rings (SSSR count). The fraction of sp³-hybridized carbons (Fsp3) is 0.278. The van der Waals surface area contributed by atoms with E-state index in [9.17, 15) is 4.79 Å². The van der Waals surface area contributed by atoms with Gasteiger partial charge in [0.1, 0.15) is 11.5 Å². The molecule has 0 unspecified atom stereocenters. The zero-order chi connectivity index (χ0) is 15.9. The molecule has 0 aromatic heterocycles. The molecule has 2 aromatic carbocycles. The van der Waals surface area contributed by atoms with Gasteiger partial charge in [0.2, 0.25) is 0 Å². The SMILES string of the molecule is [B]Cc1cc(C)ccc1Oc1cccc(CC(=O)OCC)c1. The van der Waals surface area contributed by atoms with Crippen LogP contribution in [0, 0.1) is 6.92 Å². The van der Waals surface area contributed by atoms with Crippen molar-refractivity contribution in [3.63, 3.8) is 0 Å². The van der Waals surface area contributed by atoms with Crippen LogP contribution >= 0.6 is 0 Å². The van der Waals surface area contributed by atoms with Crippen molar-refractivity contribution in [2.45, 2.75) is 26.6 Å². The number of carbonyl (C=O) groups excluding carboxylic acids is 1. The molecule has 3 nitrogen and oxygen atoms in total. The van der Waals surface area contributed by atoms with Crippen molar-refractivity contribution in [2.75, 3.05) is 6.61 Å². The summed E-state index contributed by atoms with van der Waals surface area (Å²) >= 11 is 0. The van der Waals surface area contributed by atoms with Crippen molar-refractivity contribution in [1.82, 2.24) is 0 Å². The van der Waals surface area contributed by atoms with E-state index >= 15 is 0 Å². The smallest absolute Gasteiger partial charge is 0.310 e. The van der Waals surface area contributed by atoms with Gasteiger partial charge in [0.25, 0.3) is 0 Å². The number of ether oxygens (including phenoxy) is 2. The Morgan fingerprint density at radius 2 is 2.00 bits per heavy atom. The minimum absolute atomic E-state index is 0.238. The standard InChI is InChI=1S/C18H19BO3/c1-3-21-18(20)11-14-5-4-6-16(10-14)22-17-8-7-13(2)9-15(17)12-19/h4-10H,3,11-12H2,1-2H3. The maximum absolute atomic E-state index is 11.5. The van der Waals surface area contributed by atoms with Gasteiger partial charge in [-0.25, -0.2) is 0 Å². The summed E-state index contributed by atoms with van der Waals surface area (Å²) in [6.45, 7) is 4.20. The Bertz CT molecular complexity index is 653. The summed E-state index contributed by atoms with van der Waals surface area (Å²) in [7, 11) is 5.76. The van der Waals surface area contributed by atoms with Crippen molar-refractivity contribution in [3.8, 4) is 11.5 Å². The molecule has 0 aliphatic heterocycles. The Kier molecular flexibility index (Phi) is 5.64. The minimum atomic E-state index is -0.238. The van der Waals surface area contributed by atoms with Gasteiger partial charge >= 0.3 is 5.97 Å². The summed E-state index contributed by atoms with van der Waals surface area (Å²) in [6.07, 6.45) is 0.655. The van der Waals surface area contributed by atoms with Crippen molar-refractivity contribution >= 4 is 13.8 Å². The summed E-state index contributed by atoms with van der Waals surface area (Å²) in [4.78, 5) is 11.5. The van der Waals surface area contributed by atoms with Crippen LogP contribution in [0.15, 0.2) is 42.5 Å². The number of hydrogen-bond acceptors (Lipinski definition) is 3. The summed E-state index contributed by atoms with van der Waals surface area (Å²) in [5.74, 6) is 1.18. The quantitative estimate of drug-likeness (QED) is 0.603. The minimum Gasteiger partial charge on any atom is -0.466 e. The van der Waals surface area contributed by atoms with Crippen LogP contribution in [-0.4, -0.2) is 20.4 Å². The third kappa shape index (κ3) is 4.38. The molecule has 2 aromatic rings. The molecule has 0 atom stereocenters. The first-order valence-electron chi connectivity index (χ1n) is 7.34. The Balaban J connectivity index is 2.15. The Morgan fingerprint density at radius 3 is 2.73 bits per heavy atom. The lowest BCUT2D eigenvalue weighted by molar-refractivity contribution is -0.142. The molecule has 0 bridgehead atoms. The number of benzene rings is 2. The normalized spacial score (nSPS) is 10.3. The van der Waals surface area contributed by atoms with Gasteiger partial charge in [-0.3, -0.25) is 4.79 Å². The van der Waals surface area contributed by atoms with Crippen LogP contribution in [0.3, 0.4) is 0 Å². The Morgan fingerprint density at radius 1 is 1.18 bits per heavy atom. The van der Waals surface area contributed by atoms with E-state index < -0.39 is 0 Å². The summed E-state index contributed by atoms with van der Waals surface area (Å²) in [5, 5.41) is 0. The van der Waals surface area contributed by atoms with Gasteiger partial charge in [0.05, 0.1) is 20.9 Å². The van der Waals surface area contributed by atoms with Gasteiger partial charge in [-0.05, 0) is 43.2 Å². The van der Waals surface area contributed by atoms with Crippen LogP contribution in [0.25, 0.3) is 0 Å². The van der Waals surface area contributed by atoms with Crippen molar-refractivity contribution < 1.29 is 14.3 Å². The van der Waals surface area contributed by atoms with Crippen LogP contribution in [0.1, 0.15) is 23.6 Å². The van der Waals surface area contributed by atoms with E-state index in [-0.39, 0.29) is 12.4 Å². The van der Waals surface area contributed by atoms with E-state index in [4.69, 9.17) is 17.3 Å². The van der Waals surface area contributed by atoms with Crippen molar-refractivity contribution in [1.29, 1.82) is 0 Å². The molecular formula is C18H19BO3. The van der Waals surface area contributed by atoms with E-state index in [1.165, 1.54) is 0 Å². The zero-order valence-electron chi connectivity index (χ0n) is 13.0. The second-order valence-corrected chi connectivity index (χ2v) is 5.05. The molecule has 0 aliphatic carbocycles. The lowest BCUT2D eigenvalue weighted by Gasteiger charge is -2.12. The highest BCUT2D eigenvalue weighted by molar-refractivity contribution is 6.08. The van der Waals surface area contributed by atoms with E-state index in [1.54, 1.807) is 6.92 Å². The number of hydrogen-bond donors (Lipinski definition) is 0. The van der Waals surface area contributed by atoms with Gasteiger partial charge in [0.15, 0.2) is 0 Å². The van der Waals surface area contributed by atoms with Crippen LogP contribution in [0.4, 0.5) is 0 Å². The summed E-state index contributed by atoms with van der Waals surface area (Å²) < 4.78 is 10.9. The molecule has 0 saturated carbocycles. The first-order valence-corrected chi connectivity index (χ1v) is 7.34. The average molecular weight is 294 g/mol. The second kappa shape index (κ2) is 7.69. The molecule has 0 spiro atoms. The molecule has 0 heterocycles. The number of carbonyl (C=O) groups is 1. The highest BCUT2D eigenvalue weighted by atomic mass is 16.5. The van der Waals surface area contributed by atoms with Crippen molar-refractivity contribution in [2.24, 2.45) is 0 Å². The molecule has 0 amide bonds. The van der Waals surface area contributed by atoms with Crippen LogP contribution in [-0.2, 0) is 22.3 Å². The van der Waals surface area contributed by atoms with Crippen LogP contribution in [0.5, 0.6) is 11.5 Å². The first kappa shape index (κ1) is 16.2. The van der Waals surface area contributed by atoms with E-state index in [0.717, 1.165) is 22.4 Å². The molecule has 22 heavy (non-hydrogen) atoms. The Labute approximate surface area is 132 Å². The highest BCUT2D eigenvalue weighted by Crippen LogP contribution is 2.27. The third-order valence-corrected chi connectivity index (χ3v) is 3.22. The predicted octanol–water partition coefficient (Wildman–Crippen LogP) is 3.56. The fourth-order valence-corrected chi connectivity index (χ4v) is 2.19. The fourth-order valence-electron chi connectivity index (χ4n) is 2.19. The topological polar surface area (TPSA) is 35.5 Å². The van der Waals surface area contributed by atoms with Gasteiger partial charge in [-0.1, -0.05) is 36.1 Å². The van der Waals surface area contributed by atoms with E-state index in [2.05, 4.69) is 0 Å². The maximum atomic E-state index is 11.5. The lowest BCUT2D eigenvalue weighted by atomic mass is 9.95. The molecular weight excluding hydrogens is 275 g/mol. The van der Waals surface area contributed by atoms with Gasteiger partial charge in [0, 0.05) is 0 Å². The molecule has 0 saturated heterocycles. The molecule has 0 N–H and O–H groups in total. The third-order valence-electron chi connectivity index (χ3n) is 3.22. The van der Waals surface area contributed by atoms with E-state index in [0.29, 0.717) is 18.7 Å². The molecule has 0 fully saturated rings. The maximum Gasteiger partial charge on any atom is 0.310 e. The lowest BCUT2D eigenvalue weighted by Crippen LogP contribution is -2.07. The zero-order valence-corrected chi connectivity index (χ0v) is 13.0. The number of rotatable bonds is 6. The summed E-state index contributed by atoms with van der Waals surface area (Å²) in [6, 6.07) is 13.3. The van der Waals surface area contributed by atoms with Gasteiger partial charge in [-0.2, -0.15) is 0 Å². The van der Waals surface area contributed by atoms with E-state index in [1.807, 2.05) is 49.4 Å². The van der Waals surface area contributed by atoms with Crippen molar-refractivity contribution in [3.05, 3.63) is 59.2 Å². The monoisotopic (exact) mass is 294 g/mol. The van der Waals surface area contributed by atoms with Crippen LogP contribution < -0.4 is 4.74 Å². The largest absolute Gasteiger partial charge is 0.466 e. The number of aryl methyl sites for hydroxylation is 1. The van der Waals surface area contributed by atoms with Gasteiger partial charge in [-0.15, -0.1) is 0 Å². The summed E-state index contributed by atoms with van der Waals surface area (Å²) in [5.41, 5.74) is 2.96. The molecule has 112 valence electrons. The second-order valence-electron chi connectivity index (χ2n) is 5.05.